The van der Waals surface area contributed by atoms with Crippen LogP contribution in [-0.4, -0.2) is 23.0 Å². The first-order valence-electron chi connectivity index (χ1n) is 8.14. The van der Waals surface area contributed by atoms with Crippen molar-refractivity contribution in [2.45, 2.75) is 20.4 Å². The van der Waals surface area contributed by atoms with E-state index in [1.807, 2.05) is 36.4 Å². The summed E-state index contributed by atoms with van der Waals surface area (Å²) < 4.78 is 6.14. The van der Waals surface area contributed by atoms with Crippen molar-refractivity contribution >= 4 is 0 Å². The normalized spacial score (nSPS) is 11.1. The van der Waals surface area contributed by atoms with Crippen LogP contribution in [0.1, 0.15) is 19.7 Å². The average molecular weight is 306 g/mol. The Kier molecular flexibility index (Phi) is 4.89. The minimum atomic E-state index is 0.736. The first-order valence-corrected chi connectivity index (χ1v) is 8.14. The highest BCUT2D eigenvalue weighted by atomic mass is 16.4. The molecule has 3 nitrogen and oxygen atoms in total. The van der Waals surface area contributed by atoms with Gasteiger partial charge in [0.25, 0.3) is 0 Å². The summed E-state index contributed by atoms with van der Waals surface area (Å²) in [6.07, 6.45) is 0. The van der Waals surface area contributed by atoms with Gasteiger partial charge >= 0.3 is 0 Å². The molecule has 1 aromatic heterocycles. The Hall–Kier alpha value is -2.39. The summed E-state index contributed by atoms with van der Waals surface area (Å²) in [5.41, 5.74) is 3.06. The summed E-state index contributed by atoms with van der Waals surface area (Å²) in [6, 6.07) is 20.4. The molecule has 0 unspecified atom stereocenters. The predicted molar refractivity (Wildman–Crippen MR) is 94.0 cm³/mol. The molecule has 0 fully saturated rings. The van der Waals surface area contributed by atoms with E-state index in [1.54, 1.807) is 0 Å². The van der Waals surface area contributed by atoms with Crippen molar-refractivity contribution < 1.29 is 4.42 Å². The van der Waals surface area contributed by atoms with Crippen molar-refractivity contribution in [3.8, 4) is 22.6 Å². The van der Waals surface area contributed by atoms with E-state index in [2.05, 4.69) is 43.0 Å². The third kappa shape index (κ3) is 3.51. The number of hydrogen-bond acceptors (Lipinski definition) is 3. The van der Waals surface area contributed by atoms with Gasteiger partial charge in [0.15, 0.2) is 5.76 Å². The third-order valence-electron chi connectivity index (χ3n) is 4.01. The zero-order chi connectivity index (χ0) is 16.1. The van der Waals surface area contributed by atoms with Crippen molar-refractivity contribution in [2.75, 3.05) is 13.1 Å². The lowest BCUT2D eigenvalue weighted by atomic mass is 10.1. The van der Waals surface area contributed by atoms with E-state index >= 15 is 0 Å². The van der Waals surface area contributed by atoms with Crippen molar-refractivity contribution in [3.05, 3.63) is 66.6 Å². The molecule has 0 radical (unpaired) electrons. The van der Waals surface area contributed by atoms with E-state index in [0.29, 0.717) is 0 Å². The molecule has 118 valence electrons. The second kappa shape index (κ2) is 7.25. The highest BCUT2D eigenvalue weighted by Gasteiger charge is 2.17. The molecule has 0 atom stereocenters. The Morgan fingerprint density at radius 2 is 1.39 bits per heavy atom. The molecule has 0 amide bonds. The first-order chi connectivity index (χ1) is 11.3. The van der Waals surface area contributed by atoms with Gasteiger partial charge in [-0.05, 0) is 13.1 Å². The van der Waals surface area contributed by atoms with Gasteiger partial charge in [-0.25, -0.2) is 4.98 Å². The van der Waals surface area contributed by atoms with Crippen LogP contribution in [0.25, 0.3) is 22.6 Å². The lowest BCUT2D eigenvalue weighted by Crippen LogP contribution is -2.22. The van der Waals surface area contributed by atoms with E-state index in [0.717, 1.165) is 48.1 Å². The fraction of sp³-hybridized carbons (Fsp3) is 0.250. The van der Waals surface area contributed by atoms with Gasteiger partial charge in [-0.15, -0.1) is 0 Å². The van der Waals surface area contributed by atoms with Gasteiger partial charge in [-0.1, -0.05) is 74.5 Å². The summed E-state index contributed by atoms with van der Waals surface area (Å²) in [6.45, 7) is 7.02. The SMILES string of the molecule is CCN(CC)Cc1nc(-c2ccccc2)c(-c2ccccc2)o1. The van der Waals surface area contributed by atoms with E-state index in [-0.39, 0.29) is 0 Å². The molecule has 0 bridgehead atoms. The smallest absolute Gasteiger partial charge is 0.209 e. The number of benzene rings is 2. The van der Waals surface area contributed by atoms with Crippen LogP contribution in [0.3, 0.4) is 0 Å². The minimum Gasteiger partial charge on any atom is -0.439 e. The molecule has 3 aromatic rings. The number of aromatic nitrogens is 1. The third-order valence-corrected chi connectivity index (χ3v) is 4.01. The molecule has 3 heteroatoms. The Bertz CT molecular complexity index is 674. The summed E-state index contributed by atoms with van der Waals surface area (Å²) in [5.74, 6) is 1.62. The fourth-order valence-electron chi connectivity index (χ4n) is 2.65. The second-order valence-electron chi connectivity index (χ2n) is 5.48. The molecule has 0 N–H and O–H groups in total. The first kappa shape index (κ1) is 15.5. The van der Waals surface area contributed by atoms with Crippen LogP contribution < -0.4 is 0 Å². The van der Waals surface area contributed by atoms with Gasteiger partial charge in [0, 0.05) is 11.1 Å². The van der Waals surface area contributed by atoms with Crippen LogP contribution in [-0.2, 0) is 6.54 Å². The van der Waals surface area contributed by atoms with Crippen LogP contribution in [0.4, 0.5) is 0 Å². The van der Waals surface area contributed by atoms with Gasteiger partial charge in [0.1, 0.15) is 5.69 Å². The van der Waals surface area contributed by atoms with Crippen molar-refractivity contribution in [3.63, 3.8) is 0 Å². The van der Waals surface area contributed by atoms with Gasteiger partial charge in [0.2, 0.25) is 5.89 Å². The largest absolute Gasteiger partial charge is 0.439 e. The summed E-state index contributed by atoms with van der Waals surface area (Å²) in [7, 11) is 0. The quantitative estimate of drug-likeness (QED) is 0.652. The zero-order valence-corrected chi connectivity index (χ0v) is 13.7. The lowest BCUT2D eigenvalue weighted by molar-refractivity contribution is 0.264. The number of hydrogen-bond donors (Lipinski definition) is 0. The highest BCUT2D eigenvalue weighted by Crippen LogP contribution is 2.32. The van der Waals surface area contributed by atoms with Crippen LogP contribution in [0.2, 0.25) is 0 Å². The number of oxazole rings is 1. The van der Waals surface area contributed by atoms with Crippen LogP contribution in [0.15, 0.2) is 65.1 Å². The monoisotopic (exact) mass is 306 g/mol. The zero-order valence-electron chi connectivity index (χ0n) is 13.7. The standard InChI is InChI=1S/C20H22N2O/c1-3-22(4-2)15-18-21-19(16-11-7-5-8-12-16)20(23-18)17-13-9-6-10-14-17/h5-14H,3-4,15H2,1-2H3. The molecule has 0 aliphatic heterocycles. The maximum Gasteiger partial charge on any atom is 0.209 e. The molecular formula is C20H22N2O. The lowest BCUT2D eigenvalue weighted by Gasteiger charge is -2.14. The Morgan fingerprint density at radius 3 is 1.96 bits per heavy atom. The molecule has 0 saturated heterocycles. The topological polar surface area (TPSA) is 29.3 Å². The van der Waals surface area contributed by atoms with E-state index < -0.39 is 0 Å². The molecule has 23 heavy (non-hydrogen) atoms. The molecular weight excluding hydrogens is 284 g/mol. The van der Waals surface area contributed by atoms with Gasteiger partial charge in [0.05, 0.1) is 6.54 Å². The predicted octanol–water partition coefficient (Wildman–Crippen LogP) is 4.85. The van der Waals surface area contributed by atoms with Gasteiger partial charge in [-0.3, -0.25) is 4.90 Å². The number of nitrogens with zero attached hydrogens (tertiary/aromatic N) is 2. The Morgan fingerprint density at radius 1 is 0.826 bits per heavy atom. The summed E-state index contributed by atoms with van der Waals surface area (Å²) in [5, 5.41) is 0. The second-order valence-corrected chi connectivity index (χ2v) is 5.48. The van der Waals surface area contributed by atoms with E-state index in [4.69, 9.17) is 9.40 Å². The van der Waals surface area contributed by atoms with Gasteiger partial charge in [-0.2, -0.15) is 0 Å². The van der Waals surface area contributed by atoms with E-state index in [1.165, 1.54) is 0 Å². The number of rotatable bonds is 6. The fourth-order valence-corrected chi connectivity index (χ4v) is 2.65. The minimum absolute atomic E-state index is 0.736. The van der Waals surface area contributed by atoms with Crippen molar-refractivity contribution in [2.24, 2.45) is 0 Å². The average Bonchev–Trinajstić information content (AvgIpc) is 3.05. The Labute approximate surface area is 137 Å². The van der Waals surface area contributed by atoms with Crippen molar-refractivity contribution in [1.29, 1.82) is 0 Å². The molecule has 3 rings (SSSR count). The molecule has 0 aliphatic carbocycles. The van der Waals surface area contributed by atoms with Crippen LogP contribution in [0, 0.1) is 0 Å². The summed E-state index contributed by atoms with van der Waals surface area (Å²) >= 11 is 0. The molecule has 0 aliphatic rings. The Balaban J connectivity index is 2.04. The van der Waals surface area contributed by atoms with E-state index in [9.17, 15) is 0 Å². The van der Waals surface area contributed by atoms with Crippen LogP contribution >= 0.6 is 0 Å². The van der Waals surface area contributed by atoms with Crippen molar-refractivity contribution in [1.82, 2.24) is 9.88 Å². The maximum atomic E-state index is 6.14. The van der Waals surface area contributed by atoms with Gasteiger partial charge < -0.3 is 4.42 Å². The summed E-state index contributed by atoms with van der Waals surface area (Å²) in [4.78, 5) is 7.09. The molecule has 2 aromatic carbocycles. The molecule has 0 saturated carbocycles. The molecule has 1 heterocycles. The molecule has 0 spiro atoms. The highest BCUT2D eigenvalue weighted by molar-refractivity contribution is 5.76. The van der Waals surface area contributed by atoms with Crippen LogP contribution in [0.5, 0.6) is 0 Å². The maximum absolute atomic E-state index is 6.14.